The van der Waals surface area contributed by atoms with Crippen molar-refractivity contribution in [2.45, 2.75) is 12.5 Å². The van der Waals surface area contributed by atoms with Crippen LogP contribution in [0.3, 0.4) is 0 Å². The molecule has 1 aliphatic heterocycles. The molecule has 112 valence electrons. The molecule has 2 rings (SSSR count). The normalized spacial score (nSPS) is 19.7. The maximum Gasteiger partial charge on any atom is 0.573 e. The summed E-state index contributed by atoms with van der Waals surface area (Å²) >= 11 is 3.02. The van der Waals surface area contributed by atoms with E-state index in [2.05, 4.69) is 26.0 Å². The van der Waals surface area contributed by atoms with Gasteiger partial charge < -0.3 is 19.5 Å². The van der Waals surface area contributed by atoms with E-state index in [1.165, 1.54) is 18.2 Å². The Kier molecular flexibility index (Phi) is 5.11. The molecule has 0 bridgehead atoms. The van der Waals surface area contributed by atoms with Crippen LogP contribution in [-0.4, -0.2) is 38.8 Å². The van der Waals surface area contributed by atoms with Crippen LogP contribution in [-0.2, 0) is 4.74 Å². The highest BCUT2D eigenvalue weighted by atomic mass is 79.9. The number of nitrogens with one attached hydrogen (secondary N) is 1. The number of rotatable bonds is 4. The summed E-state index contributed by atoms with van der Waals surface area (Å²) in [6.45, 7) is 2.46. The quantitative estimate of drug-likeness (QED) is 0.901. The Balaban J connectivity index is 1.91. The minimum atomic E-state index is -4.72. The van der Waals surface area contributed by atoms with Gasteiger partial charge >= 0.3 is 6.36 Å². The van der Waals surface area contributed by atoms with Crippen molar-refractivity contribution in [3.05, 3.63) is 22.7 Å². The van der Waals surface area contributed by atoms with Gasteiger partial charge in [0.2, 0.25) is 0 Å². The molecule has 4 nitrogen and oxygen atoms in total. The molecule has 1 aliphatic rings. The third-order valence-corrected chi connectivity index (χ3v) is 3.19. The predicted octanol–water partition coefficient (Wildman–Crippen LogP) is 2.71. The second-order valence-electron chi connectivity index (χ2n) is 4.15. The van der Waals surface area contributed by atoms with E-state index in [0.717, 1.165) is 6.54 Å². The summed E-state index contributed by atoms with van der Waals surface area (Å²) in [6.07, 6.45) is -4.78. The number of hydrogen-bond donors (Lipinski definition) is 1. The van der Waals surface area contributed by atoms with Crippen LogP contribution in [0.2, 0.25) is 0 Å². The first-order valence-corrected chi connectivity index (χ1v) is 6.74. The Morgan fingerprint density at radius 3 is 2.80 bits per heavy atom. The van der Waals surface area contributed by atoms with Crippen LogP contribution in [0.1, 0.15) is 0 Å². The fourth-order valence-electron chi connectivity index (χ4n) is 1.69. The molecule has 0 aromatic heterocycles. The summed E-state index contributed by atoms with van der Waals surface area (Å²) in [5.41, 5.74) is 0. The molecule has 1 fully saturated rings. The molecule has 8 heteroatoms. The van der Waals surface area contributed by atoms with E-state index in [9.17, 15) is 13.2 Å². The molecule has 0 aliphatic carbocycles. The lowest BCUT2D eigenvalue weighted by Gasteiger charge is -2.23. The van der Waals surface area contributed by atoms with Gasteiger partial charge in [0.15, 0.2) is 0 Å². The molecule has 1 aromatic rings. The highest BCUT2D eigenvalue weighted by Crippen LogP contribution is 2.33. The maximum absolute atomic E-state index is 12.1. The lowest BCUT2D eigenvalue weighted by molar-refractivity contribution is -0.274. The van der Waals surface area contributed by atoms with Crippen LogP contribution in [0.15, 0.2) is 22.7 Å². The van der Waals surface area contributed by atoms with Gasteiger partial charge in [-0.1, -0.05) is 0 Å². The van der Waals surface area contributed by atoms with Crippen LogP contribution < -0.4 is 14.8 Å². The van der Waals surface area contributed by atoms with Gasteiger partial charge in [-0.3, -0.25) is 0 Å². The van der Waals surface area contributed by atoms with Crippen LogP contribution in [0, 0.1) is 0 Å². The molecule has 1 unspecified atom stereocenters. The summed E-state index contributed by atoms with van der Waals surface area (Å²) in [5, 5.41) is 3.16. The van der Waals surface area contributed by atoms with Gasteiger partial charge in [-0.05, 0) is 34.1 Å². The van der Waals surface area contributed by atoms with Gasteiger partial charge in [0, 0.05) is 13.1 Å². The van der Waals surface area contributed by atoms with Gasteiger partial charge in [-0.2, -0.15) is 0 Å². The number of ether oxygens (including phenoxy) is 3. The fraction of sp³-hybridized carbons (Fsp3) is 0.500. The molecule has 1 N–H and O–H groups in total. The summed E-state index contributed by atoms with van der Waals surface area (Å²) < 4.78 is 51.3. The molecule has 1 saturated heterocycles. The van der Waals surface area contributed by atoms with Crippen molar-refractivity contribution in [3.63, 3.8) is 0 Å². The van der Waals surface area contributed by atoms with Crippen LogP contribution in [0.4, 0.5) is 13.2 Å². The average molecular weight is 356 g/mol. The van der Waals surface area contributed by atoms with Gasteiger partial charge in [0.1, 0.15) is 24.2 Å². The number of morpholine rings is 1. The number of halogens is 4. The Labute approximate surface area is 122 Å². The Hall–Kier alpha value is -0.990. The summed E-state index contributed by atoms with van der Waals surface area (Å²) in [5.74, 6) is 0.140. The molecular formula is C12H13BrF3NO3. The topological polar surface area (TPSA) is 39.7 Å². The molecule has 1 aromatic carbocycles. The summed E-state index contributed by atoms with van der Waals surface area (Å²) in [7, 11) is 0. The van der Waals surface area contributed by atoms with Crippen molar-refractivity contribution in [1.29, 1.82) is 0 Å². The van der Waals surface area contributed by atoms with Crippen molar-refractivity contribution in [2.75, 3.05) is 26.3 Å². The van der Waals surface area contributed by atoms with E-state index >= 15 is 0 Å². The highest BCUT2D eigenvalue weighted by molar-refractivity contribution is 9.10. The molecule has 0 saturated carbocycles. The number of benzene rings is 1. The Morgan fingerprint density at radius 2 is 2.20 bits per heavy atom. The molecule has 1 heterocycles. The van der Waals surface area contributed by atoms with Gasteiger partial charge in [0.25, 0.3) is 0 Å². The minimum absolute atomic E-state index is 0.0615. The third-order valence-electron chi connectivity index (χ3n) is 2.57. The van der Waals surface area contributed by atoms with Crippen molar-refractivity contribution < 1.29 is 27.4 Å². The zero-order chi connectivity index (χ0) is 14.6. The van der Waals surface area contributed by atoms with E-state index < -0.39 is 6.36 Å². The van der Waals surface area contributed by atoms with Crippen molar-refractivity contribution in [1.82, 2.24) is 5.32 Å². The summed E-state index contributed by atoms with van der Waals surface area (Å²) in [4.78, 5) is 0. The monoisotopic (exact) mass is 355 g/mol. The number of hydrogen-bond acceptors (Lipinski definition) is 4. The smallest absolute Gasteiger partial charge is 0.491 e. The molecule has 0 amide bonds. The van der Waals surface area contributed by atoms with Crippen molar-refractivity contribution in [3.8, 4) is 11.5 Å². The summed E-state index contributed by atoms with van der Waals surface area (Å²) in [6, 6.07) is 4.05. The standard InChI is InChI=1S/C12H13BrF3NO3/c13-10-5-8(1-2-11(10)20-12(14,15)16)19-7-9-6-17-3-4-18-9/h1-2,5,9,17H,3-4,6-7H2. The third kappa shape index (κ3) is 4.84. The molecular weight excluding hydrogens is 343 g/mol. The Morgan fingerprint density at radius 1 is 1.40 bits per heavy atom. The van der Waals surface area contributed by atoms with Gasteiger partial charge in [-0.15, -0.1) is 13.2 Å². The molecule has 0 radical (unpaired) electrons. The second kappa shape index (κ2) is 6.64. The first-order chi connectivity index (χ1) is 9.44. The lowest BCUT2D eigenvalue weighted by Crippen LogP contribution is -2.41. The first-order valence-electron chi connectivity index (χ1n) is 5.94. The second-order valence-corrected chi connectivity index (χ2v) is 5.00. The zero-order valence-electron chi connectivity index (χ0n) is 10.4. The largest absolute Gasteiger partial charge is 0.573 e. The number of alkyl halides is 3. The van der Waals surface area contributed by atoms with E-state index in [-0.39, 0.29) is 16.3 Å². The van der Waals surface area contributed by atoms with Crippen LogP contribution in [0.5, 0.6) is 11.5 Å². The predicted molar refractivity (Wildman–Crippen MR) is 68.9 cm³/mol. The highest BCUT2D eigenvalue weighted by Gasteiger charge is 2.32. The molecule has 20 heavy (non-hydrogen) atoms. The van der Waals surface area contributed by atoms with E-state index in [1.807, 2.05) is 0 Å². The van der Waals surface area contributed by atoms with E-state index in [4.69, 9.17) is 9.47 Å². The van der Waals surface area contributed by atoms with Gasteiger partial charge in [0.05, 0.1) is 11.1 Å². The van der Waals surface area contributed by atoms with Crippen molar-refractivity contribution >= 4 is 15.9 Å². The van der Waals surface area contributed by atoms with Crippen molar-refractivity contribution in [2.24, 2.45) is 0 Å². The minimum Gasteiger partial charge on any atom is -0.491 e. The molecule has 0 spiro atoms. The maximum atomic E-state index is 12.1. The zero-order valence-corrected chi connectivity index (χ0v) is 12.0. The lowest BCUT2D eigenvalue weighted by atomic mass is 10.3. The van der Waals surface area contributed by atoms with Gasteiger partial charge in [-0.25, -0.2) is 0 Å². The Bertz CT molecular complexity index is 450. The first kappa shape index (κ1) is 15.4. The molecule has 1 atom stereocenters. The van der Waals surface area contributed by atoms with E-state index in [1.54, 1.807) is 0 Å². The van der Waals surface area contributed by atoms with E-state index in [0.29, 0.717) is 25.5 Å². The SMILES string of the molecule is FC(F)(F)Oc1ccc(OCC2CNCCO2)cc1Br. The van der Waals surface area contributed by atoms with Crippen LogP contribution in [0.25, 0.3) is 0 Å². The average Bonchev–Trinajstić information content (AvgIpc) is 2.39. The van der Waals surface area contributed by atoms with Crippen LogP contribution >= 0.6 is 15.9 Å². The fourth-order valence-corrected chi connectivity index (χ4v) is 2.13.